The lowest BCUT2D eigenvalue weighted by atomic mass is 10.2. The summed E-state index contributed by atoms with van der Waals surface area (Å²) in [6, 6.07) is 3.86. The van der Waals surface area contributed by atoms with Gasteiger partial charge in [-0.25, -0.2) is 4.98 Å². The third kappa shape index (κ3) is 1.21. The molecule has 0 aliphatic heterocycles. The van der Waals surface area contributed by atoms with Gasteiger partial charge >= 0.3 is 0 Å². The first-order chi connectivity index (χ1) is 6.65. The molecule has 0 spiro atoms. The Morgan fingerprint density at radius 2 is 2.21 bits per heavy atom. The Kier molecular flexibility index (Phi) is 2.21. The van der Waals surface area contributed by atoms with Crippen LogP contribution in [0, 0.1) is 6.92 Å². The average Bonchev–Trinajstić information content (AvgIpc) is 2.50. The molecule has 0 fully saturated rings. The maximum atomic E-state index is 6.01. The molecule has 4 heteroatoms. The van der Waals surface area contributed by atoms with Crippen LogP contribution in [0.25, 0.3) is 11.0 Å². The topological polar surface area (TPSA) is 43.8 Å². The molecule has 2 rings (SSSR count). The number of nitrogens with zero attached hydrogens (tertiary/aromatic N) is 2. The minimum Gasteiger partial charge on any atom is -0.330 e. The molecular weight excluding hydrogens is 198 g/mol. The number of halogens is 1. The number of fused-ring (bicyclic) bond motifs is 1. The smallest absolute Gasteiger partial charge is 0.123 e. The molecule has 0 aliphatic rings. The number of imidazole rings is 1. The van der Waals surface area contributed by atoms with Gasteiger partial charge in [0.15, 0.2) is 0 Å². The number of hydrogen-bond acceptors (Lipinski definition) is 2. The molecule has 2 aromatic rings. The minimum atomic E-state index is 0.447. The van der Waals surface area contributed by atoms with Crippen LogP contribution in [0.2, 0.25) is 5.02 Å². The molecule has 0 aliphatic carbocycles. The van der Waals surface area contributed by atoms with E-state index in [2.05, 4.69) is 4.98 Å². The Bertz CT molecular complexity index is 488. The van der Waals surface area contributed by atoms with Gasteiger partial charge in [-0.1, -0.05) is 11.6 Å². The van der Waals surface area contributed by atoms with E-state index in [4.69, 9.17) is 17.3 Å². The highest BCUT2D eigenvalue weighted by atomic mass is 35.5. The molecule has 1 aromatic carbocycles. The fraction of sp³-hybridized carbons (Fsp3) is 0.300. The molecule has 0 amide bonds. The number of hydrogen-bond donors (Lipinski definition) is 1. The maximum Gasteiger partial charge on any atom is 0.123 e. The highest BCUT2D eigenvalue weighted by Crippen LogP contribution is 2.24. The molecule has 0 atom stereocenters. The van der Waals surface area contributed by atoms with Crippen molar-refractivity contribution >= 4 is 22.6 Å². The van der Waals surface area contributed by atoms with E-state index in [0.717, 1.165) is 27.4 Å². The van der Waals surface area contributed by atoms with Crippen LogP contribution in [-0.2, 0) is 13.6 Å². The van der Waals surface area contributed by atoms with Gasteiger partial charge in [-0.15, -0.1) is 0 Å². The fourth-order valence-electron chi connectivity index (χ4n) is 1.60. The van der Waals surface area contributed by atoms with Crippen molar-refractivity contribution in [2.45, 2.75) is 13.5 Å². The zero-order valence-electron chi connectivity index (χ0n) is 8.21. The first kappa shape index (κ1) is 9.49. The first-order valence-electron chi connectivity index (χ1n) is 4.45. The molecule has 74 valence electrons. The van der Waals surface area contributed by atoms with Crippen molar-refractivity contribution in [3.05, 3.63) is 28.5 Å². The predicted octanol–water partition coefficient (Wildman–Crippen LogP) is 1.99. The van der Waals surface area contributed by atoms with E-state index in [1.54, 1.807) is 0 Å². The van der Waals surface area contributed by atoms with E-state index in [0.29, 0.717) is 6.54 Å². The summed E-state index contributed by atoms with van der Waals surface area (Å²) in [7, 11) is 1.96. The van der Waals surface area contributed by atoms with Crippen molar-refractivity contribution in [3.8, 4) is 0 Å². The van der Waals surface area contributed by atoms with Gasteiger partial charge in [0.1, 0.15) is 5.82 Å². The highest BCUT2D eigenvalue weighted by molar-refractivity contribution is 6.32. The van der Waals surface area contributed by atoms with Gasteiger partial charge in [0.25, 0.3) is 0 Å². The van der Waals surface area contributed by atoms with Crippen LogP contribution in [-0.4, -0.2) is 9.55 Å². The number of rotatable bonds is 1. The minimum absolute atomic E-state index is 0.447. The summed E-state index contributed by atoms with van der Waals surface area (Å²) in [5, 5.41) is 0.749. The molecule has 0 radical (unpaired) electrons. The van der Waals surface area contributed by atoms with E-state index in [-0.39, 0.29) is 0 Å². The number of benzene rings is 1. The molecule has 1 aromatic heterocycles. The number of aryl methyl sites for hydroxylation is 2. The molecule has 2 N–H and O–H groups in total. The third-order valence-electron chi connectivity index (χ3n) is 2.52. The van der Waals surface area contributed by atoms with Crippen LogP contribution in [0.4, 0.5) is 0 Å². The van der Waals surface area contributed by atoms with Crippen LogP contribution in [0.1, 0.15) is 11.4 Å². The third-order valence-corrected chi connectivity index (χ3v) is 2.93. The number of aromatic nitrogens is 2. The quantitative estimate of drug-likeness (QED) is 0.781. The molecular formula is C10H12ClN3. The Balaban J connectivity index is 2.85. The second-order valence-electron chi connectivity index (χ2n) is 3.33. The van der Waals surface area contributed by atoms with E-state index in [1.165, 1.54) is 0 Å². The van der Waals surface area contributed by atoms with Gasteiger partial charge in [-0.3, -0.25) is 0 Å². The van der Waals surface area contributed by atoms with Crippen LogP contribution in [0.5, 0.6) is 0 Å². The van der Waals surface area contributed by atoms with Gasteiger partial charge in [0.2, 0.25) is 0 Å². The van der Waals surface area contributed by atoms with Crippen LogP contribution < -0.4 is 5.73 Å². The summed E-state index contributed by atoms with van der Waals surface area (Å²) in [5.74, 6) is 0.880. The summed E-state index contributed by atoms with van der Waals surface area (Å²) in [5.41, 5.74) is 8.62. The standard InChI is InChI=1S/C10H12ClN3/c1-6-7(11)3-4-8-10(6)13-9(5-12)14(8)2/h3-4H,5,12H2,1-2H3. The van der Waals surface area contributed by atoms with E-state index >= 15 is 0 Å². The molecule has 1 heterocycles. The zero-order chi connectivity index (χ0) is 10.3. The molecule has 0 saturated carbocycles. The normalized spacial score (nSPS) is 11.1. The van der Waals surface area contributed by atoms with Gasteiger partial charge in [-0.05, 0) is 24.6 Å². The van der Waals surface area contributed by atoms with Gasteiger partial charge < -0.3 is 10.3 Å². The lowest BCUT2D eigenvalue weighted by molar-refractivity contribution is 0.813. The van der Waals surface area contributed by atoms with E-state index < -0.39 is 0 Å². The monoisotopic (exact) mass is 209 g/mol. The van der Waals surface area contributed by atoms with Crippen LogP contribution in [0.3, 0.4) is 0 Å². The van der Waals surface area contributed by atoms with Crippen molar-refractivity contribution in [2.24, 2.45) is 12.8 Å². The first-order valence-corrected chi connectivity index (χ1v) is 4.83. The second kappa shape index (κ2) is 3.26. The van der Waals surface area contributed by atoms with Crippen molar-refractivity contribution in [2.75, 3.05) is 0 Å². The number of nitrogens with two attached hydrogens (primary N) is 1. The highest BCUT2D eigenvalue weighted by Gasteiger charge is 2.09. The van der Waals surface area contributed by atoms with Crippen LogP contribution in [0.15, 0.2) is 12.1 Å². The Morgan fingerprint density at radius 3 is 2.86 bits per heavy atom. The summed E-state index contributed by atoms with van der Waals surface area (Å²) < 4.78 is 2.00. The molecule has 14 heavy (non-hydrogen) atoms. The van der Waals surface area contributed by atoms with Gasteiger partial charge in [0, 0.05) is 12.1 Å². The van der Waals surface area contributed by atoms with Crippen LogP contribution >= 0.6 is 11.6 Å². The predicted molar refractivity (Wildman–Crippen MR) is 58.4 cm³/mol. The Hall–Kier alpha value is -1.06. The van der Waals surface area contributed by atoms with E-state index in [1.807, 2.05) is 30.7 Å². The summed E-state index contributed by atoms with van der Waals surface area (Å²) in [6.45, 7) is 2.42. The van der Waals surface area contributed by atoms with E-state index in [9.17, 15) is 0 Å². The summed E-state index contributed by atoms with van der Waals surface area (Å²) >= 11 is 6.01. The Morgan fingerprint density at radius 1 is 1.50 bits per heavy atom. The lowest BCUT2D eigenvalue weighted by Crippen LogP contribution is -2.04. The fourth-order valence-corrected chi connectivity index (χ4v) is 1.75. The summed E-state index contributed by atoms with van der Waals surface area (Å²) in [4.78, 5) is 4.44. The maximum absolute atomic E-state index is 6.01. The van der Waals surface area contributed by atoms with Crippen molar-refractivity contribution in [1.29, 1.82) is 0 Å². The van der Waals surface area contributed by atoms with Gasteiger partial charge in [-0.2, -0.15) is 0 Å². The Labute approximate surface area is 87.5 Å². The summed E-state index contributed by atoms with van der Waals surface area (Å²) in [6.07, 6.45) is 0. The zero-order valence-corrected chi connectivity index (χ0v) is 8.97. The largest absolute Gasteiger partial charge is 0.330 e. The lowest BCUT2D eigenvalue weighted by Gasteiger charge is -1.99. The average molecular weight is 210 g/mol. The van der Waals surface area contributed by atoms with Crippen molar-refractivity contribution in [3.63, 3.8) is 0 Å². The molecule has 3 nitrogen and oxygen atoms in total. The molecule has 0 unspecified atom stereocenters. The van der Waals surface area contributed by atoms with Crippen molar-refractivity contribution in [1.82, 2.24) is 9.55 Å². The SMILES string of the molecule is Cc1c(Cl)ccc2c1nc(CN)n2C. The second-order valence-corrected chi connectivity index (χ2v) is 3.74. The molecule has 0 saturated heterocycles. The van der Waals surface area contributed by atoms with Crippen molar-refractivity contribution < 1.29 is 0 Å². The molecule has 0 bridgehead atoms. The van der Waals surface area contributed by atoms with Gasteiger partial charge in [0.05, 0.1) is 17.6 Å².